The molecule has 7 nitrogen and oxygen atoms in total. The summed E-state index contributed by atoms with van der Waals surface area (Å²) in [7, 11) is -4.19. The molecular weight excluding hydrogens is 287 g/mol. The van der Waals surface area contributed by atoms with Gasteiger partial charge in [0.05, 0.1) is 28.2 Å². The Morgan fingerprint density at radius 3 is 2.60 bits per heavy atom. The van der Waals surface area contributed by atoms with Crippen molar-refractivity contribution in [3.63, 3.8) is 0 Å². The molecule has 0 N–H and O–H groups in total. The van der Waals surface area contributed by atoms with Crippen molar-refractivity contribution in [2.45, 2.75) is 13.0 Å². The summed E-state index contributed by atoms with van der Waals surface area (Å²) >= 11 is 0. The van der Waals surface area contributed by atoms with Crippen molar-refractivity contribution in [3.8, 4) is 11.3 Å². The third-order valence-electron chi connectivity index (χ3n) is 2.47. The van der Waals surface area contributed by atoms with Crippen LogP contribution in [0.2, 0.25) is 0 Å². The topological polar surface area (TPSA) is 99.8 Å². The number of hydrogen-bond donors (Lipinski definition) is 0. The molecule has 0 saturated heterocycles. The molecule has 2 heterocycles. The molecule has 9 heteroatoms. The smallest absolute Gasteiger partial charge is 0.231 e. The van der Waals surface area contributed by atoms with Crippen molar-refractivity contribution >= 4 is 10.1 Å². The molecule has 0 bridgehead atoms. The van der Waals surface area contributed by atoms with Crippen LogP contribution in [0.3, 0.4) is 0 Å². The van der Waals surface area contributed by atoms with Crippen molar-refractivity contribution in [2.24, 2.45) is 0 Å². The summed E-state index contributed by atoms with van der Waals surface area (Å²) < 4.78 is 45.5. The Kier molecular flexibility index (Phi) is 4.30. The van der Waals surface area contributed by atoms with Crippen molar-refractivity contribution in [2.75, 3.05) is 5.75 Å². The lowest BCUT2D eigenvalue weighted by atomic mass is 10.2. The normalized spacial score (nSPS) is 11.5. The fourth-order valence-corrected chi connectivity index (χ4v) is 2.02. The third-order valence-corrected chi connectivity index (χ3v) is 3.26. The van der Waals surface area contributed by atoms with Gasteiger partial charge in [0.15, 0.2) is 12.7 Å². The summed E-state index contributed by atoms with van der Waals surface area (Å²) in [5.41, 5.74) is 1.14. The number of halogens is 1. The maximum atomic E-state index is 12.6. The maximum Gasteiger partial charge on any atom is 0.231 e. The van der Waals surface area contributed by atoms with Gasteiger partial charge in [-0.15, -0.1) is 0 Å². The van der Waals surface area contributed by atoms with E-state index in [1.54, 1.807) is 12.3 Å². The lowest BCUT2D eigenvalue weighted by molar-refractivity contribution is -0.753. The van der Waals surface area contributed by atoms with Gasteiger partial charge in [-0.2, -0.15) is 4.39 Å². The van der Waals surface area contributed by atoms with Crippen LogP contribution in [0.4, 0.5) is 4.39 Å². The molecule has 0 amide bonds. The molecule has 0 fully saturated rings. The number of aryl methyl sites for hydroxylation is 1. The number of nitrogens with zero attached hydrogens (tertiary/aromatic N) is 4. The summed E-state index contributed by atoms with van der Waals surface area (Å²) in [4.78, 5) is 7.35. The molecule has 0 aliphatic rings. The van der Waals surface area contributed by atoms with Crippen molar-refractivity contribution in [1.29, 1.82) is 0 Å². The van der Waals surface area contributed by atoms with Gasteiger partial charge in [-0.3, -0.25) is 0 Å². The average Bonchev–Trinajstić information content (AvgIpc) is 2.39. The van der Waals surface area contributed by atoms with Gasteiger partial charge in [0, 0.05) is 23.8 Å². The second kappa shape index (κ2) is 5.97. The van der Waals surface area contributed by atoms with E-state index < -0.39 is 21.8 Å². The van der Waals surface area contributed by atoms with E-state index in [4.69, 9.17) is 0 Å². The van der Waals surface area contributed by atoms with Crippen LogP contribution < -0.4 is 4.68 Å². The van der Waals surface area contributed by atoms with E-state index in [9.17, 15) is 17.4 Å². The average molecular weight is 298 g/mol. The van der Waals surface area contributed by atoms with E-state index in [-0.39, 0.29) is 6.42 Å². The van der Waals surface area contributed by atoms with E-state index >= 15 is 0 Å². The zero-order chi connectivity index (χ0) is 14.6. The first kappa shape index (κ1) is 14.4. The molecule has 2 aromatic rings. The van der Waals surface area contributed by atoms with Gasteiger partial charge in [-0.05, 0) is 5.10 Å². The maximum absolute atomic E-state index is 12.6. The second-order valence-electron chi connectivity index (χ2n) is 4.02. The van der Waals surface area contributed by atoms with Gasteiger partial charge in [-0.25, -0.2) is 18.4 Å². The fourth-order valence-electron chi connectivity index (χ4n) is 1.53. The second-order valence-corrected chi connectivity index (χ2v) is 5.54. The molecule has 0 atom stereocenters. The Labute approximate surface area is 114 Å². The first-order valence-electron chi connectivity index (χ1n) is 5.71. The molecule has 106 valence electrons. The van der Waals surface area contributed by atoms with Crippen LogP contribution in [0.1, 0.15) is 6.42 Å². The van der Waals surface area contributed by atoms with Crippen LogP contribution in [-0.2, 0) is 16.7 Å². The Balaban J connectivity index is 2.01. The Hall–Kier alpha value is -2.00. The van der Waals surface area contributed by atoms with Crippen molar-refractivity contribution in [1.82, 2.24) is 15.1 Å². The highest BCUT2D eigenvalue weighted by Crippen LogP contribution is 2.12. The molecule has 0 aliphatic heterocycles. The lowest BCUT2D eigenvalue weighted by Crippen LogP contribution is -2.38. The van der Waals surface area contributed by atoms with Gasteiger partial charge >= 0.3 is 0 Å². The minimum atomic E-state index is -4.19. The minimum absolute atomic E-state index is 0.194. The van der Waals surface area contributed by atoms with Gasteiger partial charge in [0.25, 0.3) is 0 Å². The number of hydrogen-bond acceptors (Lipinski definition) is 6. The predicted octanol–water partition coefficient (Wildman–Crippen LogP) is -0.0995. The zero-order valence-electron chi connectivity index (χ0n) is 10.3. The highest BCUT2D eigenvalue weighted by atomic mass is 32.2. The van der Waals surface area contributed by atoms with E-state index in [1.807, 2.05) is 0 Å². The summed E-state index contributed by atoms with van der Waals surface area (Å²) in [5, 5.41) is 4.06. The minimum Gasteiger partial charge on any atom is -0.748 e. The van der Waals surface area contributed by atoms with Gasteiger partial charge < -0.3 is 4.55 Å². The summed E-state index contributed by atoms with van der Waals surface area (Å²) in [6.07, 6.45) is 5.63. The standard InChI is InChI=1S/C11H11FN4O3S/c12-11-8-13-10(7-14-11)9-2-4-16(15-6-9)3-1-5-20(17,18)19/h2,4,6-8H,1,3,5H2. The van der Waals surface area contributed by atoms with Crippen LogP contribution in [-0.4, -0.2) is 33.8 Å². The van der Waals surface area contributed by atoms with Crippen LogP contribution in [0.5, 0.6) is 0 Å². The molecule has 0 aromatic carbocycles. The van der Waals surface area contributed by atoms with Crippen molar-refractivity contribution in [3.05, 3.63) is 36.8 Å². The SMILES string of the molecule is O=S(=O)([O-])CCC[n+]1ccc(-c2cnc(F)cn2)cn1. The number of aromatic nitrogens is 4. The Morgan fingerprint density at radius 1 is 1.25 bits per heavy atom. The molecule has 0 aliphatic carbocycles. The summed E-state index contributed by atoms with van der Waals surface area (Å²) in [6.45, 7) is 0.316. The van der Waals surface area contributed by atoms with E-state index in [2.05, 4.69) is 15.1 Å². The van der Waals surface area contributed by atoms with E-state index in [0.29, 0.717) is 17.8 Å². The van der Waals surface area contributed by atoms with Gasteiger partial charge in [0.2, 0.25) is 5.95 Å². The van der Waals surface area contributed by atoms with Crippen molar-refractivity contribution < 1.29 is 22.0 Å². The quantitative estimate of drug-likeness (QED) is 0.564. The molecule has 0 saturated carbocycles. The van der Waals surface area contributed by atoms with E-state index in [0.717, 1.165) is 6.20 Å². The molecular formula is C11H11FN4O3S. The Morgan fingerprint density at radius 2 is 2.05 bits per heavy atom. The molecule has 20 heavy (non-hydrogen) atoms. The monoisotopic (exact) mass is 298 g/mol. The fraction of sp³-hybridized carbons (Fsp3) is 0.273. The summed E-state index contributed by atoms with van der Waals surface area (Å²) in [5.74, 6) is -1.08. The van der Waals surface area contributed by atoms with E-state index in [1.165, 1.54) is 17.1 Å². The number of rotatable bonds is 5. The first-order chi connectivity index (χ1) is 9.44. The van der Waals surface area contributed by atoms with Crippen LogP contribution in [0.25, 0.3) is 11.3 Å². The zero-order valence-corrected chi connectivity index (χ0v) is 11.1. The highest BCUT2D eigenvalue weighted by molar-refractivity contribution is 7.85. The van der Waals surface area contributed by atoms with Crippen LogP contribution in [0, 0.1) is 5.95 Å². The third kappa shape index (κ3) is 4.28. The summed E-state index contributed by atoms with van der Waals surface area (Å²) in [6, 6.07) is 1.70. The van der Waals surface area contributed by atoms with Gasteiger partial charge in [-0.1, -0.05) is 4.68 Å². The van der Waals surface area contributed by atoms with Crippen LogP contribution in [0.15, 0.2) is 30.9 Å². The predicted molar refractivity (Wildman–Crippen MR) is 64.6 cm³/mol. The Bertz CT molecular complexity index is 674. The molecule has 0 spiro atoms. The lowest BCUT2D eigenvalue weighted by Gasteiger charge is -2.03. The molecule has 0 radical (unpaired) electrons. The first-order valence-corrected chi connectivity index (χ1v) is 7.29. The largest absolute Gasteiger partial charge is 0.748 e. The highest BCUT2D eigenvalue weighted by Gasteiger charge is 2.07. The van der Waals surface area contributed by atoms with Crippen LogP contribution >= 0.6 is 0 Å². The molecule has 2 rings (SSSR count). The van der Waals surface area contributed by atoms with Gasteiger partial charge in [0.1, 0.15) is 6.20 Å². The molecule has 0 unspecified atom stereocenters. The molecule has 2 aromatic heterocycles.